The highest BCUT2D eigenvalue weighted by Crippen LogP contribution is 2.31. The molecule has 0 fully saturated rings. The van der Waals surface area contributed by atoms with E-state index in [1.165, 1.54) is 11.3 Å². The van der Waals surface area contributed by atoms with Gasteiger partial charge in [-0.15, -0.1) is 11.3 Å². The summed E-state index contributed by atoms with van der Waals surface area (Å²) < 4.78 is 0.704. The third-order valence-electron chi connectivity index (χ3n) is 4.30. The zero-order chi connectivity index (χ0) is 18.1. The Labute approximate surface area is 159 Å². The number of aromatic amines is 1. The highest BCUT2D eigenvalue weighted by molar-refractivity contribution is 7.19. The zero-order valence-electron chi connectivity index (χ0n) is 13.6. The van der Waals surface area contributed by atoms with Crippen molar-refractivity contribution in [1.29, 1.82) is 0 Å². The van der Waals surface area contributed by atoms with E-state index in [4.69, 9.17) is 11.6 Å². The molecule has 0 radical (unpaired) electrons. The minimum atomic E-state index is -0.839. The van der Waals surface area contributed by atoms with Crippen molar-refractivity contribution in [2.24, 2.45) is 0 Å². The lowest BCUT2D eigenvalue weighted by atomic mass is 9.92. The van der Waals surface area contributed by atoms with Crippen molar-refractivity contribution in [3.8, 4) is 10.7 Å². The van der Waals surface area contributed by atoms with Gasteiger partial charge in [0.2, 0.25) is 0 Å². The van der Waals surface area contributed by atoms with Crippen molar-refractivity contribution in [2.75, 3.05) is 0 Å². The van der Waals surface area contributed by atoms with Gasteiger partial charge in [-0.25, -0.2) is 4.98 Å². The lowest BCUT2D eigenvalue weighted by Crippen LogP contribution is -2.14. The maximum absolute atomic E-state index is 11.8. The van der Waals surface area contributed by atoms with Gasteiger partial charge >= 0.3 is 5.97 Å². The first-order valence-corrected chi connectivity index (χ1v) is 9.32. The number of carboxylic acid groups (broad SMARTS) is 1. The van der Waals surface area contributed by atoms with E-state index in [1.807, 2.05) is 60.7 Å². The molecular weight excluding hydrogens is 368 g/mol. The molecule has 0 amide bonds. The van der Waals surface area contributed by atoms with Crippen LogP contribution in [-0.2, 0) is 11.2 Å². The molecule has 0 bridgehead atoms. The SMILES string of the molecule is O=C(O)C(Cc1ccccc1)c1ccc2[nH]c(-c3ccc(Cl)s3)nc2c1. The van der Waals surface area contributed by atoms with Gasteiger partial charge in [-0.05, 0) is 41.8 Å². The molecule has 1 atom stereocenters. The number of H-pyrrole nitrogens is 1. The van der Waals surface area contributed by atoms with Gasteiger partial charge in [0.1, 0.15) is 5.82 Å². The molecular formula is C20H15ClN2O2S. The number of fused-ring (bicyclic) bond motifs is 1. The fraction of sp³-hybridized carbons (Fsp3) is 0.100. The molecule has 2 aromatic heterocycles. The Morgan fingerprint density at radius 3 is 2.65 bits per heavy atom. The number of carboxylic acids is 1. The molecule has 0 saturated carbocycles. The standard InChI is InChI=1S/C20H15ClN2O2S/c21-18-9-8-17(26-18)19-22-15-7-6-13(11-16(15)23-19)14(20(24)25)10-12-4-2-1-3-5-12/h1-9,11,14H,10H2,(H,22,23)(H,24,25). The fourth-order valence-corrected chi connectivity index (χ4v) is 3.98. The normalized spacial score (nSPS) is 12.3. The average molecular weight is 383 g/mol. The number of aromatic nitrogens is 2. The third kappa shape index (κ3) is 3.36. The molecule has 2 heterocycles. The van der Waals surface area contributed by atoms with E-state index < -0.39 is 11.9 Å². The first-order chi connectivity index (χ1) is 12.6. The molecule has 130 valence electrons. The molecule has 0 spiro atoms. The van der Waals surface area contributed by atoms with E-state index in [0.29, 0.717) is 10.8 Å². The zero-order valence-corrected chi connectivity index (χ0v) is 15.2. The topological polar surface area (TPSA) is 66.0 Å². The summed E-state index contributed by atoms with van der Waals surface area (Å²) in [4.78, 5) is 20.7. The van der Waals surface area contributed by atoms with E-state index >= 15 is 0 Å². The summed E-state index contributed by atoms with van der Waals surface area (Å²) in [5.41, 5.74) is 3.37. The van der Waals surface area contributed by atoms with Gasteiger partial charge in [0.15, 0.2) is 0 Å². The van der Waals surface area contributed by atoms with Crippen molar-refractivity contribution in [3.63, 3.8) is 0 Å². The number of halogens is 1. The highest BCUT2D eigenvalue weighted by atomic mass is 35.5. The molecule has 6 heteroatoms. The minimum absolute atomic E-state index is 0.444. The van der Waals surface area contributed by atoms with Gasteiger partial charge in [-0.3, -0.25) is 4.79 Å². The Morgan fingerprint density at radius 2 is 1.96 bits per heavy atom. The number of benzene rings is 2. The molecule has 2 N–H and O–H groups in total. The Kier molecular flexibility index (Phi) is 4.49. The quantitative estimate of drug-likeness (QED) is 0.488. The molecule has 4 aromatic rings. The van der Waals surface area contributed by atoms with Gasteiger partial charge in [-0.1, -0.05) is 48.0 Å². The average Bonchev–Trinajstić information content (AvgIpc) is 3.25. The molecule has 0 aliphatic heterocycles. The maximum atomic E-state index is 11.8. The van der Waals surface area contributed by atoms with E-state index in [-0.39, 0.29) is 0 Å². The van der Waals surface area contributed by atoms with Crippen molar-refractivity contribution in [2.45, 2.75) is 12.3 Å². The number of carbonyl (C=O) groups is 1. The first kappa shape index (κ1) is 16.8. The number of imidazole rings is 1. The van der Waals surface area contributed by atoms with Crippen LogP contribution in [0.1, 0.15) is 17.0 Å². The van der Waals surface area contributed by atoms with Crippen LogP contribution in [0.25, 0.3) is 21.7 Å². The van der Waals surface area contributed by atoms with Gasteiger partial charge in [0.25, 0.3) is 0 Å². The van der Waals surface area contributed by atoms with Crippen LogP contribution < -0.4 is 0 Å². The van der Waals surface area contributed by atoms with Crippen LogP contribution in [0.3, 0.4) is 0 Å². The second-order valence-electron chi connectivity index (χ2n) is 6.05. The Balaban J connectivity index is 1.69. The summed E-state index contributed by atoms with van der Waals surface area (Å²) in [6.45, 7) is 0. The summed E-state index contributed by atoms with van der Waals surface area (Å²) in [6, 6.07) is 19.0. The second-order valence-corrected chi connectivity index (χ2v) is 7.76. The van der Waals surface area contributed by atoms with Crippen LogP contribution in [0.4, 0.5) is 0 Å². The van der Waals surface area contributed by atoms with Gasteiger partial charge in [0, 0.05) is 0 Å². The molecule has 26 heavy (non-hydrogen) atoms. The number of nitrogens with one attached hydrogen (secondary N) is 1. The molecule has 2 aromatic carbocycles. The van der Waals surface area contributed by atoms with Crippen LogP contribution in [0.5, 0.6) is 0 Å². The number of rotatable bonds is 5. The van der Waals surface area contributed by atoms with Crippen LogP contribution in [-0.4, -0.2) is 21.0 Å². The number of aliphatic carboxylic acids is 1. The maximum Gasteiger partial charge on any atom is 0.311 e. The van der Waals surface area contributed by atoms with Crippen molar-refractivity contribution >= 4 is 39.9 Å². The Morgan fingerprint density at radius 1 is 1.15 bits per heavy atom. The number of nitrogens with zero attached hydrogens (tertiary/aromatic N) is 1. The first-order valence-electron chi connectivity index (χ1n) is 8.12. The molecule has 0 aliphatic rings. The largest absolute Gasteiger partial charge is 0.481 e. The monoisotopic (exact) mass is 382 g/mol. The van der Waals surface area contributed by atoms with E-state index in [2.05, 4.69) is 9.97 Å². The third-order valence-corrected chi connectivity index (χ3v) is 5.53. The lowest BCUT2D eigenvalue weighted by molar-refractivity contribution is -0.138. The van der Waals surface area contributed by atoms with Crippen LogP contribution in [0.2, 0.25) is 4.34 Å². The summed E-state index contributed by atoms with van der Waals surface area (Å²) in [6.07, 6.45) is 0.444. The second kappa shape index (κ2) is 6.94. The van der Waals surface area contributed by atoms with Crippen molar-refractivity contribution in [1.82, 2.24) is 9.97 Å². The summed E-state index contributed by atoms with van der Waals surface area (Å²) in [5.74, 6) is -0.712. The molecule has 4 rings (SSSR count). The minimum Gasteiger partial charge on any atom is -0.481 e. The molecule has 4 nitrogen and oxygen atoms in total. The fourth-order valence-electron chi connectivity index (χ4n) is 3.00. The molecule has 0 aliphatic carbocycles. The van der Waals surface area contributed by atoms with Crippen molar-refractivity contribution in [3.05, 3.63) is 76.1 Å². The number of hydrogen-bond acceptors (Lipinski definition) is 3. The van der Waals surface area contributed by atoms with Crippen LogP contribution in [0, 0.1) is 0 Å². The summed E-state index contributed by atoms with van der Waals surface area (Å²) in [7, 11) is 0. The predicted octanol–water partition coefficient (Wildman–Crippen LogP) is 5.36. The molecule has 0 saturated heterocycles. The van der Waals surface area contributed by atoms with Gasteiger partial charge in [0.05, 0.1) is 26.2 Å². The van der Waals surface area contributed by atoms with E-state index in [1.54, 1.807) is 0 Å². The van der Waals surface area contributed by atoms with Gasteiger partial charge in [-0.2, -0.15) is 0 Å². The Bertz CT molecular complexity index is 1070. The summed E-state index contributed by atoms with van der Waals surface area (Å²) >= 11 is 7.45. The van der Waals surface area contributed by atoms with Crippen LogP contribution >= 0.6 is 22.9 Å². The van der Waals surface area contributed by atoms with Crippen LogP contribution in [0.15, 0.2) is 60.7 Å². The van der Waals surface area contributed by atoms with Crippen molar-refractivity contribution < 1.29 is 9.90 Å². The highest BCUT2D eigenvalue weighted by Gasteiger charge is 2.21. The lowest BCUT2D eigenvalue weighted by Gasteiger charge is -2.13. The van der Waals surface area contributed by atoms with E-state index in [0.717, 1.165) is 32.9 Å². The smallest absolute Gasteiger partial charge is 0.311 e. The number of hydrogen-bond donors (Lipinski definition) is 2. The number of thiophene rings is 1. The molecule has 1 unspecified atom stereocenters. The van der Waals surface area contributed by atoms with Gasteiger partial charge < -0.3 is 10.1 Å². The van der Waals surface area contributed by atoms with E-state index in [9.17, 15) is 9.90 Å². The summed E-state index contributed by atoms with van der Waals surface area (Å²) in [5, 5.41) is 9.70. The predicted molar refractivity (Wildman–Crippen MR) is 105 cm³/mol. The Hall–Kier alpha value is -2.63.